The van der Waals surface area contributed by atoms with E-state index in [4.69, 9.17) is 11.6 Å². The van der Waals surface area contributed by atoms with Gasteiger partial charge in [0.1, 0.15) is 0 Å². The number of rotatable bonds is 5. The smallest absolute Gasteiger partial charge is 0.271 e. The fourth-order valence-electron chi connectivity index (χ4n) is 2.57. The Morgan fingerprint density at radius 1 is 0.742 bits per heavy atom. The van der Waals surface area contributed by atoms with E-state index in [1.807, 2.05) is 0 Å². The lowest BCUT2D eigenvalue weighted by atomic mass is 10.1. The number of hydrazine groups is 1. The third-order valence-corrected chi connectivity index (χ3v) is 4.41. The number of nitro benzene ring substituents is 1. The molecule has 0 bridgehead atoms. The van der Waals surface area contributed by atoms with Gasteiger partial charge in [0, 0.05) is 28.3 Å². The van der Waals surface area contributed by atoms with E-state index in [0.717, 1.165) is 0 Å². The molecule has 0 unspecified atom stereocenters. The molecule has 3 aromatic rings. The molecule has 3 amide bonds. The van der Waals surface area contributed by atoms with Crippen LogP contribution in [-0.4, -0.2) is 22.6 Å². The summed E-state index contributed by atoms with van der Waals surface area (Å²) in [6.45, 7) is 0. The van der Waals surface area contributed by atoms with Gasteiger partial charge < -0.3 is 5.32 Å². The first-order valence-corrected chi connectivity index (χ1v) is 9.24. The van der Waals surface area contributed by atoms with Crippen LogP contribution in [0.4, 0.5) is 11.4 Å². The number of nitro groups is 1. The van der Waals surface area contributed by atoms with Crippen LogP contribution in [-0.2, 0) is 0 Å². The van der Waals surface area contributed by atoms with Crippen LogP contribution in [0.2, 0.25) is 5.02 Å². The maximum Gasteiger partial charge on any atom is 0.271 e. The molecule has 0 radical (unpaired) electrons. The number of carbonyl (C=O) groups excluding carboxylic acids is 3. The highest BCUT2D eigenvalue weighted by atomic mass is 35.5. The van der Waals surface area contributed by atoms with E-state index < -0.39 is 22.6 Å². The highest BCUT2D eigenvalue weighted by molar-refractivity contribution is 6.30. The summed E-state index contributed by atoms with van der Waals surface area (Å²) in [6, 6.07) is 17.3. The third kappa shape index (κ3) is 5.43. The van der Waals surface area contributed by atoms with E-state index in [1.165, 1.54) is 48.5 Å². The van der Waals surface area contributed by atoms with Crippen LogP contribution in [0.5, 0.6) is 0 Å². The molecule has 3 aromatic carbocycles. The lowest BCUT2D eigenvalue weighted by Crippen LogP contribution is -2.41. The van der Waals surface area contributed by atoms with Crippen LogP contribution in [0.25, 0.3) is 0 Å². The van der Waals surface area contributed by atoms with Crippen molar-refractivity contribution in [3.8, 4) is 0 Å². The number of hydrogen-bond donors (Lipinski definition) is 3. The summed E-state index contributed by atoms with van der Waals surface area (Å²) in [6.07, 6.45) is 0. The molecule has 0 saturated carbocycles. The number of halogens is 1. The SMILES string of the molecule is O=C(NNC(=O)c1ccccc1NC(=O)c1ccc([N+](=O)[O-])cc1)c1ccc(Cl)cc1. The molecule has 156 valence electrons. The van der Waals surface area contributed by atoms with Crippen molar-refractivity contribution in [1.82, 2.24) is 10.9 Å². The minimum Gasteiger partial charge on any atom is -0.321 e. The molecule has 0 aliphatic heterocycles. The number of hydrogen-bond acceptors (Lipinski definition) is 5. The predicted octanol–water partition coefficient (Wildman–Crippen LogP) is 3.58. The molecule has 3 N–H and O–H groups in total. The fraction of sp³-hybridized carbons (Fsp3) is 0. The highest BCUT2D eigenvalue weighted by Gasteiger charge is 2.16. The minimum absolute atomic E-state index is 0.106. The molecule has 0 fully saturated rings. The number of nitrogens with one attached hydrogen (secondary N) is 3. The number of nitrogens with zero attached hydrogens (tertiary/aromatic N) is 1. The molecule has 0 aliphatic rings. The number of para-hydroxylation sites is 1. The van der Waals surface area contributed by atoms with Crippen molar-refractivity contribution in [3.05, 3.63) is 105 Å². The summed E-state index contributed by atoms with van der Waals surface area (Å²) in [5, 5.41) is 13.8. The number of non-ortho nitro benzene ring substituents is 1. The first kappa shape index (κ1) is 21.5. The molecule has 0 atom stereocenters. The number of carbonyl (C=O) groups is 3. The van der Waals surface area contributed by atoms with Gasteiger partial charge in [0.2, 0.25) is 0 Å². The second kappa shape index (κ2) is 9.51. The van der Waals surface area contributed by atoms with Gasteiger partial charge in [-0.1, -0.05) is 23.7 Å². The van der Waals surface area contributed by atoms with Crippen LogP contribution in [0, 0.1) is 10.1 Å². The van der Waals surface area contributed by atoms with Crippen LogP contribution in [0.15, 0.2) is 72.8 Å². The van der Waals surface area contributed by atoms with Crippen molar-refractivity contribution >= 4 is 40.7 Å². The number of benzene rings is 3. The van der Waals surface area contributed by atoms with E-state index in [1.54, 1.807) is 24.3 Å². The third-order valence-electron chi connectivity index (χ3n) is 4.16. The van der Waals surface area contributed by atoms with Gasteiger partial charge in [0.05, 0.1) is 16.2 Å². The second-order valence-corrected chi connectivity index (χ2v) is 6.66. The van der Waals surface area contributed by atoms with E-state index >= 15 is 0 Å². The molecular weight excluding hydrogens is 424 g/mol. The normalized spacial score (nSPS) is 10.1. The predicted molar refractivity (Wildman–Crippen MR) is 114 cm³/mol. The Hall–Kier alpha value is -4.24. The van der Waals surface area contributed by atoms with Gasteiger partial charge in [0.15, 0.2) is 0 Å². The van der Waals surface area contributed by atoms with Gasteiger partial charge in [-0.15, -0.1) is 0 Å². The number of amides is 3. The Morgan fingerprint density at radius 3 is 1.94 bits per heavy atom. The molecular formula is C21H15ClN4O5. The first-order chi connectivity index (χ1) is 14.8. The zero-order valence-electron chi connectivity index (χ0n) is 15.8. The maximum absolute atomic E-state index is 12.5. The van der Waals surface area contributed by atoms with Crippen LogP contribution in [0.3, 0.4) is 0 Å². The van der Waals surface area contributed by atoms with Crippen LogP contribution >= 0.6 is 11.6 Å². The monoisotopic (exact) mass is 438 g/mol. The molecule has 0 aliphatic carbocycles. The van der Waals surface area contributed by atoms with Gasteiger partial charge in [-0.05, 0) is 48.5 Å². The molecule has 31 heavy (non-hydrogen) atoms. The summed E-state index contributed by atoms with van der Waals surface area (Å²) < 4.78 is 0. The standard InChI is InChI=1S/C21H15ClN4O5/c22-15-9-5-14(6-10-15)20(28)24-25-21(29)17-3-1-2-4-18(17)23-19(27)13-7-11-16(12-8-13)26(30)31/h1-12H,(H,23,27)(H,24,28)(H,25,29). The topological polar surface area (TPSA) is 130 Å². The van der Waals surface area contributed by atoms with Gasteiger partial charge in [-0.3, -0.25) is 35.3 Å². The Morgan fingerprint density at radius 2 is 1.29 bits per heavy atom. The zero-order chi connectivity index (χ0) is 22.4. The zero-order valence-corrected chi connectivity index (χ0v) is 16.6. The summed E-state index contributed by atoms with van der Waals surface area (Å²) >= 11 is 5.78. The lowest BCUT2D eigenvalue weighted by molar-refractivity contribution is -0.384. The minimum atomic E-state index is -0.651. The van der Waals surface area contributed by atoms with E-state index in [0.29, 0.717) is 10.6 Å². The van der Waals surface area contributed by atoms with Crippen molar-refractivity contribution in [2.75, 3.05) is 5.32 Å². The first-order valence-electron chi connectivity index (χ1n) is 8.86. The summed E-state index contributed by atoms with van der Waals surface area (Å²) in [5.41, 5.74) is 5.21. The highest BCUT2D eigenvalue weighted by Crippen LogP contribution is 2.18. The van der Waals surface area contributed by atoms with Crippen LogP contribution in [0.1, 0.15) is 31.1 Å². The molecule has 0 saturated heterocycles. The summed E-state index contributed by atoms with van der Waals surface area (Å²) in [5.74, 6) is -1.75. The Bertz CT molecular complexity index is 1150. The molecule has 0 aromatic heterocycles. The van der Waals surface area contributed by atoms with E-state index in [9.17, 15) is 24.5 Å². The molecule has 10 heteroatoms. The van der Waals surface area contributed by atoms with Gasteiger partial charge in [-0.2, -0.15) is 0 Å². The van der Waals surface area contributed by atoms with Crippen molar-refractivity contribution in [2.24, 2.45) is 0 Å². The molecule has 0 heterocycles. The molecule has 0 spiro atoms. The average Bonchev–Trinajstić information content (AvgIpc) is 2.78. The molecule has 3 rings (SSSR count). The molecule has 9 nitrogen and oxygen atoms in total. The van der Waals surface area contributed by atoms with Crippen molar-refractivity contribution in [2.45, 2.75) is 0 Å². The Kier molecular flexibility index (Phi) is 6.58. The maximum atomic E-state index is 12.5. The summed E-state index contributed by atoms with van der Waals surface area (Å²) in [7, 11) is 0. The van der Waals surface area contributed by atoms with Gasteiger partial charge >= 0.3 is 0 Å². The average molecular weight is 439 g/mol. The van der Waals surface area contributed by atoms with Gasteiger partial charge in [0.25, 0.3) is 23.4 Å². The van der Waals surface area contributed by atoms with E-state index in [2.05, 4.69) is 16.2 Å². The number of anilines is 1. The van der Waals surface area contributed by atoms with Crippen molar-refractivity contribution in [3.63, 3.8) is 0 Å². The van der Waals surface area contributed by atoms with Crippen molar-refractivity contribution < 1.29 is 19.3 Å². The lowest BCUT2D eigenvalue weighted by Gasteiger charge is -2.12. The van der Waals surface area contributed by atoms with Crippen molar-refractivity contribution in [1.29, 1.82) is 0 Å². The summed E-state index contributed by atoms with van der Waals surface area (Å²) in [4.78, 5) is 47.3. The van der Waals surface area contributed by atoms with E-state index in [-0.39, 0.29) is 22.5 Å². The quantitative estimate of drug-likeness (QED) is 0.414. The fourth-order valence-corrected chi connectivity index (χ4v) is 2.70. The van der Waals surface area contributed by atoms with Crippen LogP contribution < -0.4 is 16.2 Å². The Labute approximate surface area is 181 Å². The Balaban J connectivity index is 1.68. The van der Waals surface area contributed by atoms with Gasteiger partial charge in [-0.25, -0.2) is 0 Å². The largest absolute Gasteiger partial charge is 0.321 e. The second-order valence-electron chi connectivity index (χ2n) is 6.22.